The molecule has 0 unspecified atom stereocenters. The van der Waals surface area contributed by atoms with Crippen LogP contribution in [0.2, 0.25) is 0 Å². The number of alkyl halides is 3. The summed E-state index contributed by atoms with van der Waals surface area (Å²) in [6.07, 6.45) is 0.213. The van der Waals surface area contributed by atoms with Crippen molar-refractivity contribution < 1.29 is 17.6 Å². The molecule has 1 N–H and O–H groups in total. The molecule has 0 atom stereocenters. The topological polar surface area (TPSA) is 56.9 Å². The summed E-state index contributed by atoms with van der Waals surface area (Å²) in [6, 6.07) is 20.4. The van der Waals surface area contributed by atoms with Gasteiger partial charge in [0.1, 0.15) is 5.82 Å². The standard InChI is InChI=1S/C29H25F4N5S/c30-24-11-13-25(14-12-24)36-28(39)37(19-23-4-1-2-6-27(23)29(31,32)33)15-3-5-26-17-35-20-38(26)18-22-9-7-21(16-34)8-10-22/h1-2,4,6-14,17,20H,3,5,15,18-19H2,(H,36,39). The van der Waals surface area contributed by atoms with Crippen molar-refractivity contribution in [3.63, 3.8) is 0 Å². The van der Waals surface area contributed by atoms with Gasteiger partial charge < -0.3 is 14.8 Å². The van der Waals surface area contributed by atoms with Crippen LogP contribution in [0.15, 0.2) is 85.3 Å². The molecule has 200 valence electrons. The fourth-order valence-electron chi connectivity index (χ4n) is 4.16. The Kier molecular flexibility index (Phi) is 8.94. The molecular weight excluding hydrogens is 526 g/mol. The van der Waals surface area contributed by atoms with Gasteiger partial charge in [0, 0.05) is 37.2 Å². The van der Waals surface area contributed by atoms with Gasteiger partial charge in [-0.15, -0.1) is 0 Å². The van der Waals surface area contributed by atoms with Gasteiger partial charge in [-0.3, -0.25) is 0 Å². The molecule has 39 heavy (non-hydrogen) atoms. The molecule has 0 amide bonds. The lowest BCUT2D eigenvalue weighted by Crippen LogP contribution is -2.36. The van der Waals surface area contributed by atoms with E-state index < -0.39 is 17.6 Å². The molecular formula is C29H25F4N5S. The van der Waals surface area contributed by atoms with Crippen molar-refractivity contribution in [3.8, 4) is 6.07 Å². The van der Waals surface area contributed by atoms with E-state index in [-0.39, 0.29) is 17.2 Å². The second-order valence-electron chi connectivity index (χ2n) is 8.94. The van der Waals surface area contributed by atoms with E-state index in [0.717, 1.165) is 17.3 Å². The first-order valence-electron chi connectivity index (χ1n) is 12.2. The maximum absolute atomic E-state index is 13.7. The number of aromatic nitrogens is 2. The Morgan fingerprint density at radius 2 is 1.74 bits per heavy atom. The number of halogens is 4. The average Bonchev–Trinajstić information content (AvgIpc) is 3.36. The first kappa shape index (κ1) is 27.8. The van der Waals surface area contributed by atoms with Gasteiger partial charge in [0.15, 0.2) is 5.11 Å². The summed E-state index contributed by atoms with van der Waals surface area (Å²) in [7, 11) is 0. The van der Waals surface area contributed by atoms with Crippen LogP contribution < -0.4 is 5.32 Å². The van der Waals surface area contributed by atoms with E-state index in [4.69, 9.17) is 17.5 Å². The molecule has 5 nitrogen and oxygen atoms in total. The predicted molar refractivity (Wildman–Crippen MR) is 145 cm³/mol. The van der Waals surface area contributed by atoms with Crippen LogP contribution in [-0.4, -0.2) is 26.1 Å². The summed E-state index contributed by atoms with van der Waals surface area (Å²) >= 11 is 5.57. The third kappa shape index (κ3) is 7.65. The smallest absolute Gasteiger partial charge is 0.345 e. The third-order valence-electron chi connectivity index (χ3n) is 6.16. The van der Waals surface area contributed by atoms with Crippen molar-refractivity contribution in [2.45, 2.75) is 32.1 Å². The number of benzene rings is 3. The molecule has 4 aromatic rings. The second-order valence-corrected chi connectivity index (χ2v) is 9.33. The monoisotopic (exact) mass is 551 g/mol. The highest BCUT2D eigenvalue weighted by molar-refractivity contribution is 7.80. The van der Waals surface area contributed by atoms with Crippen LogP contribution in [0.4, 0.5) is 23.2 Å². The zero-order chi connectivity index (χ0) is 27.8. The van der Waals surface area contributed by atoms with Crippen LogP contribution in [0.25, 0.3) is 0 Å². The molecule has 4 rings (SSSR count). The summed E-state index contributed by atoms with van der Waals surface area (Å²) in [5.41, 5.74) is 2.51. The lowest BCUT2D eigenvalue weighted by atomic mass is 10.1. The normalized spacial score (nSPS) is 11.2. The summed E-state index contributed by atoms with van der Waals surface area (Å²) in [5.74, 6) is -0.403. The van der Waals surface area contributed by atoms with Crippen LogP contribution in [-0.2, 0) is 25.7 Å². The van der Waals surface area contributed by atoms with Crippen molar-refractivity contribution in [2.24, 2.45) is 0 Å². The van der Waals surface area contributed by atoms with Gasteiger partial charge in [-0.2, -0.15) is 18.4 Å². The number of hydrogen-bond donors (Lipinski definition) is 1. The zero-order valence-electron chi connectivity index (χ0n) is 20.8. The lowest BCUT2D eigenvalue weighted by Gasteiger charge is -2.27. The van der Waals surface area contributed by atoms with Gasteiger partial charge in [-0.1, -0.05) is 30.3 Å². The highest BCUT2D eigenvalue weighted by Gasteiger charge is 2.33. The fourth-order valence-corrected chi connectivity index (χ4v) is 4.43. The van der Waals surface area contributed by atoms with E-state index in [1.165, 1.54) is 36.4 Å². The fraction of sp³-hybridized carbons (Fsp3) is 0.207. The minimum Gasteiger partial charge on any atom is -0.345 e. The van der Waals surface area contributed by atoms with Crippen molar-refractivity contribution in [1.82, 2.24) is 14.5 Å². The number of nitrogens with zero attached hydrogens (tertiary/aromatic N) is 4. The highest BCUT2D eigenvalue weighted by atomic mass is 32.1. The second kappa shape index (κ2) is 12.5. The van der Waals surface area contributed by atoms with Crippen LogP contribution in [0, 0.1) is 17.1 Å². The minimum atomic E-state index is -4.49. The Bertz CT molecular complexity index is 1440. The largest absolute Gasteiger partial charge is 0.416 e. The molecule has 0 aliphatic carbocycles. The SMILES string of the molecule is N#Cc1ccc(Cn2cncc2CCCN(Cc2ccccc2C(F)(F)F)C(=S)Nc2ccc(F)cc2)cc1. The van der Waals surface area contributed by atoms with Crippen molar-refractivity contribution in [3.05, 3.63) is 119 Å². The van der Waals surface area contributed by atoms with Gasteiger partial charge in [0.2, 0.25) is 0 Å². The van der Waals surface area contributed by atoms with Gasteiger partial charge in [0.25, 0.3) is 0 Å². The third-order valence-corrected chi connectivity index (χ3v) is 6.52. The number of rotatable bonds is 9. The molecule has 0 radical (unpaired) electrons. The van der Waals surface area contributed by atoms with Gasteiger partial charge in [0.05, 0.1) is 23.5 Å². The Hall–Kier alpha value is -4.23. The van der Waals surface area contributed by atoms with E-state index in [9.17, 15) is 17.6 Å². The zero-order valence-corrected chi connectivity index (χ0v) is 21.6. The maximum atomic E-state index is 13.7. The molecule has 0 aliphatic rings. The lowest BCUT2D eigenvalue weighted by molar-refractivity contribution is -0.138. The Morgan fingerprint density at radius 1 is 1.03 bits per heavy atom. The number of aryl methyl sites for hydroxylation is 1. The van der Waals surface area contributed by atoms with E-state index >= 15 is 0 Å². The van der Waals surface area contributed by atoms with Crippen molar-refractivity contribution in [1.29, 1.82) is 5.26 Å². The average molecular weight is 552 g/mol. The minimum absolute atomic E-state index is 0.0484. The Labute approximate surface area is 229 Å². The summed E-state index contributed by atoms with van der Waals surface area (Å²) in [4.78, 5) is 5.94. The van der Waals surface area contributed by atoms with E-state index in [2.05, 4.69) is 16.4 Å². The number of thiocarbonyl (C=S) groups is 1. The van der Waals surface area contributed by atoms with Crippen LogP contribution >= 0.6 is 12.2 Å². The summed E-state index contributed by atoms with van der Waals surface area (Å²) < 4.78 is 56.3. The molecule has 0 aliphatic heterocycles. The molecule has 1 aromatic heterocycles. The van der Waals surface area contributed by atoms with Crippen molar-refractivity contribution in [2.75, 3.05) is 11.9 Å². The van der Waals surface area contributed by atoms with Gasteiger partial charge in [-0.05, 0) is 78.7 Å². The summed E-state index contributed by atoms with van der Waals surface area (Å²) in [6.45, 7) is 0.905. The Balaban J connectivity index is 1.47. The molecule has 3 aromatic carbocycles. The molecule has 0 saturated carbocycles. The quantitative estimate of drug-likeness (QED) is 0.183. The maximum Gasteiger partial charge on any atom is 0.416 e. The summed E-state index contributed by atoms with van der Waals surface area (Å²) in [5, 5.41) is 12.3. The number of nitriles is 1. The van der Waals surface area contributed by atoms with E-state index in [0.29, 0.717) is 37.2 Å². The molecule has 1 heterocycles. The number of nitrogens with one attached hydrogen (secondary N) is 1. The predicted octanol–water partition coefficient (Wildman–Crippen LogP) is 6.79. The van der Waals surface area contributed by atoms with Gasteiger partial charge >= 0.3 is 6.18 Å². The van der Waals surface area contributed by atoms with E-state index in [1.54, 1.807) is 35.6 Å². The highest BCUT2D eigenvalue weighted by Crippen LogP contribution is 2.32. The van der Waals surface area contributed by atoms with Crippen LogP contribution in [0.3, 0.4) is 0 Å². The van der Waals surface area contributed by atoms with E-state index in [1.807, 2.05) is 16.7 Å². The Morgan fingerprint density at radius 3 is 2.44 bits per heavy atom. The molecule has 0 fully saturated rings. The molecule has 0 saturated heterocycles. The number of anilines is 1. The first-order chi connectivity index (χ1) is 18.7. The first-order valence-corrected chi connectivity index (χ1v) is 12.6. The number of imidazole rings is 1. The number of hydrogen-bond acceptors (Lipinski definition) is 3. The van der Waals surface area contributed by atoms with Crippen LogP contribution in [0.5, 0.6) is 0 Å². The van der Waals surface area contributed by atoms with Crippen LogP contribution in [0.1, 0.15) is 34.4 Å². The van der Waals surface area contributed by atoms with Gasteiger partial charge in [-0.25, -0.2) is 9.37 Å². The molecule has 0 bridgehead atoms. The molecule has 10 heteroatoms. The molecule has 0 spiro atoms. The van der Waals surface area contributed by atoms with Crippen molar-refractivity contribution >= 4 is 23.0 Å².